The van der Waals surface area contributed by atoms with Crippen LogP contribution in [0.1, 0.15) is 28.6 Å². The van der Waals surface area contributed by atoms with Gasteiger partial charge in [0.1, 0.15) is 6.33 Å². The normalized spacial score (nSPS) is 11.6. The van der Waals surface area contributed by atoms with Crippen LogP contribution in [0.3, 0.4) is 0 Å². The van der Waals surface area contributed by atoms with E-state index in [9.17, 15) is 4.79 Å². The SMILES string of the molecule is COC(=O)c1ncn(C(CC#N)c2ccccc2)n1. The first-order valence-electron chi connectivity index (χ1n) is 5.67. The molecule has 1 atom stereocenters. The lowest BCUT2D eigenvalue weighted by Crippen LogP contribution is -2.12. The standard InChI is InChI=1S/C13H12N4O2/c1-19-13(18)12-15-9-17(16-12)11(7-8-14)10-5-3-2-4-6-10/h2-6,9,11H,7H2,1H3. The first-order chi connectivity index (χ1) is 9.26. The quantitative estimate of drug-likeness (QED) is 0.775. The highest BCUT2D eigenvalue weighted by Crippen LogP contribution is 2.20. The molecule has 1 heterocycles. The molecule has 0 fully saturated rings. The van der Waals surface area contributed by atoms with Crippen molar-refractivity contribution in [3.63, 3.8) is 0 Å². The van der Waals surface area contributed by atoms with E-state index in [1.807, 2.05) is 30.3 Å². The number of nitriles is 1. The van der Waals surface area contributed by atoms with Gasteiger partial charge in [0.05, 0.1) is 25.6 Å². The number of aromatic nitrogens is 3. The van der Waals surface area contributed by atoms with E-state index in [4.69, 9.17) is 5.26 Å². The third kappa shape index (κ3) is 2.77. The molecule has 0 aliphatic rings. The Morgan fingerprint density at radius 2 is 2.21 bits per heavy atom. The second kappa shape index (κ2) is 5.78. The Labute approximate surface area is 110 Å². The predicted molar refractivity (Wildman–Crippen MR) is 66.2 cm³/mol. The van der Waals surface area contributed by atoms with Crippen molar-refractivity contribution in [3.05, 3.63) is 48.0 Å². The van der Waals surface area contributed by atoms with E-state index in [0.717, 1.165) is 5.56 Å². The van der Waals surface area contributed by atoms with Crippen LogP contribution in [0, 0.1) is 11.3 Å². The van der Waals surface area contributed by atoms with Crippen LogP contribution in [0.25, 0.3) is 0 Å². The summed E-state index contributed by atoms with van der Waals surface area (Å²) in [5, 5.41) is 13.0. The van der Waals surface area contributed by atoms with Crippen LogP contribution in [0.15, 0.2) is 36.7 Å². The van der Waals surface area contributed by atoms with Crippen LogP contribution in [0.2, 0.25) is 0 Å². The van der Waals surface area contributed by atoms with E-state index in [1.54, 1.807) is 0 Å². The summed E-state index contributed by atoms with van der Waals surface area (Å²) >= 11 is 0. The Bertz CT molecular complexity index is 601. The minimum absolute atomic E-state index is 0.0126. The molecule has 0 aliphatic heterocycles. The lowest BCUT2D eigenvalue weighted by molar-refractivity contribution is 0.0586. The number of methoxy groups -OCH3 is 1. The van der Waals surface area contributed by atoms with Gasteiger partial charge in [0, 0.05) is 0 Å². The van der Waals surface area contributed by atoms with Gasteiger partial charge in [-0.1, -0.05) is 30.3 Å². The largest absolute Gasteiger partial charge is 0.463 e. The molecule has 2 aromatic rings. The predicted octanol–water partition coefficient (Wildman–Crippen LogP) is 1.57. The molecule has 6 heteroatoms. The van der Waals surface area contributed by atoms with E-state index < -0.39 is 5.97 Å². The number of hydrogen-bond donors (Lipinski definition) is 0. The summed E-state index contributed by atoms with van der Waals surface area (Å²) < 4.78 is 6.06. The maximum Gasteiger partial charge on any atom is 0.377 e. The van der Waals surface area contributed by atoms with E-state index in [-0.39, 0.29) is 18.3 Å². The number of carbonyl (C=O) groups excluding carboxylic acids is 1. The zero-order valence-electron chi connectivity index (χ0n) is 10.4. The molecule has 96 valence electrons. The van der Waals surface area contributed by atoms with Gasteiger partial charge in [-0.25, -0.2) is 14.5 Å². The summed E-state index contributed by atoms with van der Waals surface area (Å²) in [6.45, 7) is 0. The van der Waals surface area contributed by atoms with Crippen molar-refractivity contribution in [2.24, 2.45) is 0 Å². The fourth-order valence-corrected chi connectivity index (χ4v) is 1.74. The van der Waals surface area contributed by atoms with Crippen LogP contribution >= 0.6 is 0 Å². The lowest BCUT2D eigenvalue weighted by Gasteiger charge is -2.13. The fraction of sp³-hybridized carbons (Fsp3) is 0.231. The molecule has 1 aromatic heterocycles. The van der Waals surface area contributed by atoms with Crippen LogP contribution in [0.5, 0.6) is 0 Å². The van der Waals surface area contributed by atoms with Gasteiger partial charge < -0.3 is 4.74 Å². The highest BCUT2D eigenvalue weighted by Gasteiger charge is 2.18. The summed E-state index contributed by atoms with van der Waals surface area (Å²) in [5.41, 5.74) is 0.936. The smallest absolute Gasteiger partial charge is 0.377 e. The van der Waals surface area contributed by atoms with Crippen molar-refractivity contribution in [3.8, 4) is 6.07 Å². The summed E-state index contributed by atoms with van der Waals surface area (Å²) in [7, 11) is 1.27. The average molecular weight is 256 g/mol. The van der Waals surface area contributed by atoms with E-state index >= 15 is 0 Å². The summed E-state index contributed by atoms with van der Waals surface area (Å²) in [6.07, 6.45) is 1.68. The van der Waals surface area contributed by atoms with Gasteiger partial charge in [0.15, 0.2) is 0 Å². The molecule has 2 rings (SSSR count). The Hall–Kier alpha value is -2.68. The molecule has 19 heavy (non-hydrogen) atoms. The molecule has 0 spiro atoms. The maximum atomic E-state index is 11.3. The lowest BCUT2D eigenvalue weighted by atomic mass is 10.1. The summed E-state index contributed by atoms with van der Waals surface area (Å²) in [5.74, 6) is -0.608. The second-order valence-corrected chi connectivity index (χ2v) is 3.83. The number of rotatable bonds is 4. The molecular formula is C13H12N4O2. The van der Waals surface area contributed by atoms with Gasteiger partial charge in [0.2, 0.25) is 0 Å². The molecule has 0 radical (unpaired) electrons. The Balaban J connectivity index is 2.33. The fourth-order valence-electron chi connectivity index (χ4n) is 1.74. The van der Waals surface area contributed by atoms with E-state index in [0.29, 0.717) is 0 Å². The van der Waals surface area contributed by atoms with Gasteiger partial charge >= 0.3 is 5.97 Å². The topological polar surface area (TPSA) is 80.8 Å². The molecule has 0 saturated heterocycles. The minimum atomic E-state index is -0.595. The van der Waals surface area contributed by atoms with Crippen LogP contribution in [0.4, 0.5) is 0 Å². The van der Waals surface area contributed by atoms with Crippen LogP contribution in [-0.2, 0) is 4.74 Å². The Kier molecular flexibility index (Phi) is 3.88. The summed E-state index contributed by atoms with van der Waals surface area (Å²) in [4.78, 5) is 15.2. The third-order valence-corrected chi connectivity index (χ3v) is 2.66. The second-order valence-electron chi connectivity index (χ2n) is 3.83. The number of ether oxygens (including phenoxy) is 1. The molecule has 0 saturated carbocycles. The molecule has 0 N–H and O–H groups in total. The van der Waals surface area contributed by atoms with Gasteiger partial charge in [0.25, 0.3) is 5.82 Å². The highest BCUT2D eigenvalue weighted by molar-refractivity contribution is 5.84. The third-order valence-electron chi connectivity index (χ3n) is 2.66. The van der Waals surface area contributed by atoms with Gasteiger partial charge in [-0.05, 0) is 5.56 Å². The Morgan fingerprint density at radius 1 is 1.47 bits per heavy atom. The number of carbonyl (C=O) groups is 1. The van der Waals surface area contributed by atoms with Crippen molar-refractivity contribution in [1.29, 1.82) is 5.26 Å². The minimum Gasteiger partial charge on any atom is -0.463 e. The van der Waals surface area contributed by atoms with Crippen molar-refractivity contribution in [2.45, 2.75) is 12.5 Å². The van der Waals surface area contributed by atoms with Crippen LogP contribution < -0.4 is 0 Å². The first-order valence-corrected chi connectivity index (χ1v) is 5.67. The zero-order chi connectivity index (χ0) is 13.7. The first kappa shape index (κ1) is 12.8. The molecule has 6 nitrogen and oxygen atoms in total. The number of nitrogens with zero attached hydrogens (tertiary/aromatic N) is 4. The number of hydrogen-bond acceptors (Lipinski definition) is 5. The van der Waals surface area contributed by atoms with Crippen LogP contribution in [-0.4, -0.2) is 27.8 Å². The van der Waals surface area contributed by atoms with E-state index in [1.165, 1.54) is 18.1 Å². The molecule has 1 unspecified atom stereocenters. The van der Waals surface area contributed by atoms with Crippen molar-refractivity contribution in [2.75, 3.05) is 7.11 Å². The van der Waals surface area contributed by atoms with Gasteiger partial charge in [-0.2, -0.15) is 5.26 Å². The molecular weight excluding hydrogens is 244 g/mol. The van der Waals surface area contributed by atoms with Crippen molar-refractivity contribution < 1.29 is 9.53 Å². The average Bonchev–Trinajstić information content (AvgIpc) is 2.94. The molecule has 1 aromatic carbocycles. The van der Waals surface area contributed by atoms with Gasteiger partial charge in [-0.3, -0.25) is 0 Å². The highest BCUT2D eigenvalue weighted by atomic mass is 16.5. The maximum absolute atomic E-state index is 11.3. The number of esters is 1. The summed E-state index contributed by atoms with van der Waals surface area (Å²) in [6, 6.07) is 11.3. The van der Waals surface area contributed by atoms with Gasteiger partial charge in [-0.15, -0.1) is 5.10 Å². The molecule has 0 aliphatic carbocycles. The van der Waals surface area contributed by atoms with Crippen molar-refractivity contribution >= 4 is 5.97 Å². The monoisotopic (exact) mass is 256 g/mol. The molecule has 0 amide bonds. The zero-order valence-corrected chi connectivity index (χ0v) is 10.4. The van der Waals surface area contributed by atoms with E-state index in [2.05, 4.69) is 20.9 Å². The number of benzene rings is 1. The Morgan fingerprint density at radius 3 is 2.84 bits per heavy atom. The van der Waals surface area contributed by atoms with Crippen molar-refractivity contribution in [1.82, 2.24) is 14.8 Å². The molecule has 0 bridgehead atoms.